The Morgan fingerprint density at radius 2 is 2.07 bits per heavy atom. The minimum Gasteiger partial charge on any atom is -0.497 e. The minimum absolute atomic E-state index is 0.129. The van der Waals surface area contributed by atoms with Gasteiger partial charge in [-0.05, 0) is 63.5 Å². The molecular formula is C23H27N3O2. The van der Waals surface area contributed by atoms with E-state index in [0.717, 1.165) is 64.3 Å². The number of rotatable bonds is 6. The summed E-state index contributed by atoms with van der Waals surface area (Å²) < 4.78 is 5.44. The monoisotopic (exact) mass is 377 g/mol. The molecule has 0 saturated carbocycles. The average molecular weight is 377 g/mol. The number of fused-ring (bicyclic) bond motifs is 3. The number of anilines is 1. The fraction of sp³-hybridized carbons (Fsp3) is 0.348. The van der Waals surface area contributed by atoms with Gasteiger partial charge >= 0.3 is 0 Å². The SMILES string of the molecule is C\C=C/C(OC)=C(C)/C=C1\C(=O)Nc2ccc3nc(C)c(CCCC)nc3c21. The lowest BCUT2D eigenvalue weighted by Gasteiger charge is -2.10. The van der Waals surface area contributed by atoms with Gasteiger partial charge in [0.1, 0.15) is 5.76 Å². The minimum atomic E-state index is -0.129. The number of aryl methyl sites for hydroxylation is 2. The van der Waals surface area contributed by atoms with Crippen molar-refractivity contribution in [1.82, 2.24) is 9.97 Å². The van der Waals surface area contributed by atoms with Gasteiger partial charge in [-0.2, -0.15) is 0 Å². The van der Waals surface area contributed by atoms with E-state index in [9.17, 15) is 4.79 Å². The number of nitrogens with one attached hydrogen (secondary N) is 1. The predicted molar refractivity (Wildman–Crippen MR) is 114 cm³/mol. The first-order valence-corrected chi connectivity index (χ1v) is 9.71. The molecule has 0 atom stereocenters. The number of hydrogen-bond donors (Lipinski definition) is 1. The van der Waals surface area contributed by atoms with Crippen molar-refractivity contribution in [2.24, 2.45) is 0 Å². The number of allylic oxidation sites excluding steroid dienone is 4. The standard InChI is InChI=1S/C23H27N3O2/c1-6-8-10-17-15(4)24-19-12-11-18-21(22(19)25-17)16(23(27)26-18)13-14(3)20(28-5)9-7-2/h7,9,11-13H,6,8,10H2,1-5H3,(H,26,27)/b9-7-,16-13-,20-14-. The molecule has 28 heavy (non-hydrogen) atoms. The summed E-state index contributed by atoms with van der Waals surface area (Å²) in [5.41, 5.74) is 6.61. The summed E-state index contributed by atoms with van der Waals surface area (Å²) in [6, 6.07) is 3.82. The molecule has 0 unspecified atom stereocenters. The fourth-order valence-electron chi connectivity index (χ4n) is 3.44. The molecule has 0 fully saturated rings. The van der Waals surface area contributed by atoms with Crippen molar-refractivity contribution >= 4 is 28.2 Å². The zero-order valence-electron chi connectivity index (χ0n) is 17.2. The maximum atomic E-state index is 12.7. The van der Waals surface area contributed by atoms with Gasteiger partial charge in [0.05, 0.1) is 40.8 Å². The van der Waals surface area contributed by atoms with Crippen molar-refractivity contribution in [1.29, 1.82) is 0 Å². The van der Waals surface area contributed by atoms with Gasteiger partial charge in [-0.15, -0.1) is 0 Å². The van der Waals surface area contributed by atoms with Crippen molar-refractivity contribution in [2.75, 3.05) is 12.4 Å². The number of carbonyl (C=O) groups excluding carboxylic acids is 1. The van der Waals surface area contributed by atoms with Crippen molar-refractivity contribution in [3.63, 3.8) is 0 Å². The zero-order chi connectivity index (χ0) is 20.3. The summed E-state index contributed by atoms with van der Waals surface area (Å²) in [5.74, 6) is 0.595. The van der Waals surface area contributed by atoms with Crippen LogP contribution in [0.25, 0.3) is 16.6 Å². The summed E-state index contributed by atoms with van der Waals surface area (Å²) in [6.07, 6.45) is 8.73. The lowest BCUT2D eigenvalue weighted by atomic mass is 10.0. The van der Waals surface area contributed by atoms with E-state index in [1.54, 1.807) is 7.11 Å². The number of hydrogen-bond acceptors (Lipinski definition) is 4. The van der Waals surface area contributed by atoms with Gasteiger partial charge in [-0.3, -0.25) is 4.79 Å². The van der Waals surface area contributed by atoms with E-state index in [-0.39, 0.29) is 5.91 Å². The first-order valence-electron chi connectivity index (χ1n) is 9.71. The predicted octanol–water partition coefficient (Wildman–Crippen LogP) is 5.11. The van der Waals surface area contributed by atoms with E-state index in [2.05, 4.69) is 12.2 Å². The van der Waals surface area contributed by atoms with Gasteiger partial charge in [-0.25, -0.2) is 9.97 Å². The molecule has 0 saturated heterocycles. The van der Waals surface area contributed by atoms with Crippen molar-refractivity contribution < 1.29 is 9.53 Å². The maximum Gasteiger partial charge on any atom is 0.256 e. The molecule has 1 aliphatic heterocycles. The first-order chi connectivity index (χ1) is 13.5. The van der Waals surface area contributed by atoms with E-state index < -0.39 is 0 Å². The van der Waals surface area contributed by atoms with Crippen LogP contribution in [0.2, 0.25) is 0 Å². The van der Waals surface area contributed by atoms with Gasteiger partial charge in [-0.1, -0.05) is 19.4 Å². The van der Waals surface area contributed by atoms with Crippen LogP contribution in [0.3, 0.4) is 0 Å². The Bertz CT molecular complexity index is 1020. The third kappa shape index (κ3) is 3.70. The van der Waals surface area contributed by atoms with E-state index in [4.69, 9.17) is 14.7 Å². The maximum absolute atomic E-state index is 12.7. The number of amides is 1. The normalized spacial score (nSPS) is 15.9. The molecule has 5 heteroatoms. The second kappa shape index (κ2) is 8.38. The first kappa shape index (κ1) is 19.8. The zero-order valence-corrected chi connectivity index (χ0v) is 17.2. The van der Waals surface area contributed by atoms with Crippen LogP contribution in [0.15, 0.2) is 41.7 Å². The number of methoxy groups -OCH3 is 1. The highest BCUT2D eigenvalue weighted by Crippen LogP contribution is 2.37. The lowest BCUT2D eigenvalue weighted by Crippen LogP contribution is -2.04. The van der Waals surface area contributed by atoms with Crippen LogP contribution in [-0.2, 0) is 16.0 Å². The molecule has 3 rings (SSSR count). The summed E-state index contributed by atoms with van der Waals surface area (Å²) in [6.45, 7) is 8.03. The van der Waals surface area contributed by atoms with Crippen LogP contribution in [0.1, 0.15) is 50.6 Å². The molecule has 0 spiro atoms. The number of nitrogens with zero attached hydrogens (tertiary/aromatic N) is 2. The summed E-state index contributed by atoms with van der Waals surface area (Å²) in [7, 11) is 1.63. The van der Waals surface area contributed by atoms with E-state index in [1.807, 2.05) is 51.1 Å². The highest BCUT2D eigenvalue weighted by molar-refractivity contribution is 6.34. The number of unbranched alkanes of at least 4 members (excludes halogenated alkanes) is 1. The van der Waals surface area contributed by atoms with Crippen LogP contribution >= 0.6 is 0 Å². The van der Waals surface area contributed by atoms with Gasteiger partial charge < -0.3 is 10.1 Å². The third-order valence-corrected chi connectivity index (χ3v) is 4.93. The Morgan fingerprint density at radius 1 is 1.29 bits per heavy atom. The second-order valence-corrected chi connectivity index (χ2v) is 6.98. The molecule has 0 bridgehead atoms. The van der Waals surface area contributed by atoms with Gasteiger partial charge in [0.2, 0.25) is 0 Å². The Morgan fingerprint density at radius 3 is 2.75 bits per heavy atom. The molecule has 1 aromatic carbocycles. The Kier molecular flexibility index (Phi) is 5.93. The summed E-state index contributed by atoms with van der Waals surface area (Å²) in [4.78, 5) is 22.4. The molecule has 5 nitrogen and oxygen atoms in total. The number of benzene rings is 1. The van der Waals surface area contributed by atoms with Crippen LogP contribution < -0.4 is 5.32 Å². The van der Waals surface area contributed by atoms with Crippen LogP contribution in [0, 0.1) is 6.92 Å². The summed E-state index contributed by atoms with van der Waals surface area (Å²) in [5, 5.41) is 2.95. The molecule has 0 aliphatic carbocycles. The van der Waals surface area contributed by atoms with Gasteiger partial charge in [0.15, 0.2) is 0 Å². The molecular weight excluding hydrogens is 350 g/mol. The highest BCUT2D eigenvalue weighted by atomic mass is 16.5. The van der Waals surface area contributed by atoms with Crippen LogP contribution in [0.4, 0.5) is 5.69 Å². The van der Waals surface area contributed by atoms with Crippen LogP contribution in [-0.4, -0.2) is 23.0 Å². The Hall–Kier alpha value is -2.95. The average Bonchev–Trinajstić information content (AvgIpc) is 3.00. The van der Waals surface area contributed by atoms with Crippen LogP contribution in [0.5, 0.6) is 0 Å². The molecule has 146 valence electrons. The topological polar surface area (TPSA) is 64.1 Å². The molecule has 1 aliphatic rings. The highest BCUT2D eigenvalue weighted by Gasteiger charge is 2.28. The number of aromatic nitrogens is 2. The Balaban J connectivity index is 2.21. The molecule has 1 N–H and O–H groups in total. The van der Waals surface area contributed by atoms with Crippen molar-refractivity contribution in [3.05, 3.63) is 58.6 Å². The number of ether oxygens (including phenoxy) is 1. The third-order valence-electron chi connectivity index (χ3n) is 4.93. The van der Waals surface area contributed by atoms with E-state index in [0.29, 0.717) is 5.57 Å². The van der Waals surface area contributed by atoms with Gasteiger partial charge in [0, 0.05) is 5.56 Å². The molecule has 2 aromatic rings. The Labute approximate surface area is 166 Å². The lowest BCUT2D eigenvalue weighted by molar-refractivity contribution is -0.110. The van der Waals surface area contributed by atoms with Crippen molar-refractivity contribution in [3.8, 4) is 0 Å². The van der Waals surface area contributed by atoms with Crippen molar-refractivity contribution in [2.45, 2.75) is 47.0 Å². The molecule has 1 aromatic heterocycles. The van der Waals surface area contributed by atoms with E-state index in [1.165, 1.54) is 0 Å². The van der Waals surface area contributed by atoms with Gasteiger partial charge in [0.25, 0.3) is 5.91 Å². The largest absolute Gasteiger partial charge is 0.497 e. The fourth-order valence-corrected chi connectivity index (χ4v) is 3.44. The quantitative estimate of drug-likeness (QED) is 0.431. The molecule has 0 radical (unpaired) electrons. The summed E-state index contributed by atoms with van der Waals surface area (Å²) >= 11 is 0. The molecule has 2 heterocycles. The number of carbonyl (C=O) groups is 1. The smallest absolute Gasteiger partial charge is 0.256 e. The molecule has 1 amide bonds. The second-order valence-electron chi connectivity index (χ2n) is 6.98. The van der Waals surface area contributed by atoms with E-state index >= 15 is 0 Å².